The van der Waals surface area contributed by atoms with Crippen LogP contribution in [0.1, 0.15) is 44.4 Å². The van der Waals surface area contributed by atoms with E-state index in [2.05, 4.69) is 29.0 Å². The second kappa shape index (κ2) is 8.45. The summed E-state index contributed by atoms with van der Waals surface area (Å²) in [6.45, 7) is 5.95. The van der Waals surface area contributed by atoms with Crippen molar-refractivity contribution in [1.82, 2.24) is 4.72 Å². The standard InChI is InChI=1S/C20H27NO2S/c1-20(2,3)24(22)21-19(15-10-16-8-6-5-7-9-16)17-11-13-18(23-4)14-12-17/h5-9,11-14,19,21H,10,15H2,1-4H3/t19-,24?/m0/s1. The SMILES string of the molecule is COc1ccc([C@H](CCc2ccccc2)NS(=O)C(C)(C)C)cc1. The molecule has 1 unspecified atom stereocenters. The fourth-order valence-corrected chi connectivity index (χ4v) is 3.26. The molecule has 130 valence electrons. The van der Waals surface area contributed by atoms with E-state index < -0.39 is 11.0 Å². The summed E-state index contributed by atoms with van der Waals surface area (Å²) >= 11 is 0. The Labute approximate surface area is 148 Å². The molecule has 3 nitrogen and oxygen atoms in total. The Kier molecular flexibility index (Phi) is 6.58. The molecule has 24 heavy (non-hydrogen) atoms. The van der Waals surface area contributed by atoms with Gasteiger partial charge in [-0.25, -0.2) is 8.93 Å². The molecule has 4 heteroatoms. The van der Waals surface area contributed by atoms with Crippen molar-refractivity contribution in [2.45, 2.75) is 44.4 Å². The van der Waals surface area contributed by atoms with Gasteiger partial charge in [0, 0.05) is 6.04 Å². The minimum absolute atomic E-state index is 0.0381. The molecule has 2 aromatic rings. The monoisotopic (exact) mass is 345 g/mol. The first-order valence-corrected chi connectivity index (χ1v) is 9.41. The van der Waals surface area contributed by atoms with Crippen molar-refractivity contribution in [3.8, 4) is 5.75 Å². The van der Waals surface area contributed by atoms with Gasteiger partial charge in [0.2, 0.25) is 0 Å². The van der Waals surface area contributed by atoms with Gasteiger partial charge in [-0.05, 0) is 56.9 Å². The quantitative estimate of drug-likeness (QED) is 0.806. The number of hydrogen-bond donors (Lipinski definition) is 1. The Balaban J connectivity index is 2.15. The topological polar surface area (TPSA) is 38.3 Å². The minimum atomic E-state index is -1.11. The molecule has 0 saturated heterocycles. The van der Waals surface area contributed by atoms with Crippen molar-refractivity contribution in [3.05, 3.63) is 65.7 Å². The molecule has 0 saturated carbocycles. The Morgan fingerprint density at radius 1 is 1.04 bits per heavy atom. The van der Waals surface area contributed by atoms with E-state index in [4.69, 9.17) is 4.74 Å². The van der Waals surface area contributed by atoms with Crippen molar-refractivity contribution < 1.29 is 8.95 Å². The molecule has 0 radical (unpaired) electrons. The van der Waals surface area contributed by atoms with Crippen molar-refractivity contribution in [2.24, 2.45) is 0 Å². The average Bonchev–Trinajstić information content (AvgIpc) is 2.58. The molecule has 0 aromatic heterocycles. The summed E-state index contributed by atoms with van der Waals surface area (Å²) in [5.74, 6) is 0.831. The van der Waals surface area contributed by atoms with Gasteiger partial charge < -0.3 is 4.74 Å². The van der Waals surface area contributed by atoms with E-state index >= 15 is 0 Å². The first-order valence-electron chi connectivity index (χ1n) is 8.26. The van der Waals surface area contributed by atoms with Crippen LogP contribution in [0, 0.1) is 0 Å². The molecule has 2 rings (SSSR count). The van der Waals surface area contributed by atoms with Crippen LogP contribution in [-0.2, 0) is 17.4 Å². The Morgan fingerprint density at radius 2 is 1.67 bits per heavy atom. The fraction of sp³-hybridized carbons (Fsp3) is 0.400. The van der Waals surface area contributed by atoms with Crippen LogP contribution in [0.5, 0.6) is 5.75 Å². The van der Waals surface area contributed by atoms with Gasteiger partial charge in [0.15, 0.2) is 0 Å². The second-order valence-electron chi connectivity index (χ2n) is 6.85. The fourth-order valence-electron chi connectivity index (χ4n) is 2.39. The maximum atomic E-state index is 12.6. The zero-order valence-corrected chi connectivity index (χ0v) is 15.7. The lowest BCUT2D eigenvalue weighted by atomic mass is 10.00. The van der Waals surface area contributed by atoms with Crippen LogP contribution in [0.3, 0.4) is 0 Å². The molecule has 0 bridgehead atoms. The number of aryl methyl sites for hydroxylation is 1. The molecule has 0 amide bonds. The lowest BCUT2D eigenvalue weighted by Gasteiger charge is -2.25. The summed E-state index contributed by atoms with van der Waals surface area (Å²) in [5, 5.41) is 0. The van der Waals surface area contributed by atoms with Gasteiger partial charge in [0.25, 0.3) is 0 Å². The van der Waals surface area contributed by atoms with Gasteiger partial charge in [-0.1, -0.05) is 42.5 Å². The summed E-state index contributed by atoms with van der Waals surface area (Å²) in [4.78, 5) is 0. The van der Waals surface area contributed by atoms with Crippen molar-refractivity contribution in [3.63, 3.8) is 0 Å². The third-order valence-electron chi connectivity index (χ3n) is 3.89. The summed E-state index contributed by atoms with van der Waals surface area (Å²) < 4.78 is 20.8. The minimum Gasteiger partial charge on any atom is -0.497 e. The zero-order chi connectivity index (χ0) is 17.6. The van der Waals surface area contributed by atoms with E-state index in [0.29, 0.717) is 0 Å². The average molecular weight is 346 g/mol. The van der Waals surface area contributed by atoms with Crippen molar-refractivity contribution >= 4 is 11.0 Å². The van der Waals surface area contributed by atoms with Gasteiger partial charge in [-0.3, -0.25) is 0 Å². The molecule has 0 aliphatic heterocycles. The number of hydrogen-bond acceptors (Lipinski definition) is 2. The van der Waals surface area contributed by atoms with Gasteiger partial charge >= 0.3 is 0 Å². The van der Waals surface area contributed by atoms with Gasteiger partial charge in [-0.2, -0.15) is 0 Å². The summed E-state index contributed by atoms with van der Waals surface area (Å²) in [5.41, 5.74) is 2.42. The summed E-state index contributed by atoms with van der Waals surface area (Å²) in [7, 11) is 0.547. The molecule has 0 fully saturated rings. The van der Waals surface area contributed by atoms with E-state index in [1.54, 1.807) is 7.11 Å². The van der Waals surface area contributed by atoms with E-state index in [0.717, 1.165) is 24.2 Å². The highest BCUT2D eigenvalue weighted by Crippen LogP contribution is 2.24. The van der Waals surface area contributed by atoms with Crippen LogP contribution >= 0.6 is 0 Å². The largest absolute Gasteiger partial charge is 0.497 e. The lowest BCUT2D eigenvalue weighted by molar-refractivity contribution is 0.414. The molecule has 2 aromatic carbocycles. The molecule has 0 aliphatic carbocycles. The Hall–Kier alpha value is -1.65. The number of methoxy groups -OCH3 is 1. The van der Waals surface area contributed by atoms with Crippen molar-refractivity contribution in [1.29, 1.82) is 0 Å². The second-order valence-corrected chi connectivity index (χ2v) is 8.85. The number of ether oxygens (including phenoxy) is 1. The molecule has 0 aliphatic rings. The third-order valence-corrected chi connectivity index (χ3v) is 5.50. The molecule has 0 spiro atoms. The van der Waals surface area contributed by atoms with E-state index in [-0.39, 0.29) is 10.8 Å². The predicted octanol–water partition coefficient (Wildman–Crippen LogP) is 4.42. The van der Waals surface area contributed by atoms with E-state index in [1.807, 2.05) is 51.1 Å². The highest BCUT2D eigenvalue weighted by atomic mass is 32.2. The number of nitrogens with one attached hydrogen (secondary N) is 1. The normalized spacial score (nSPS) is 14.2. The maximum Gasteiger partial charge on any atom is 0.118 e. The number of rotatable bonds is 7. The molecule has 0 heterocycles. The zero-order valence-electron chi connectivity index (χ0n) is 14.9. The van der Waals surface area contributed by atoms with Gasteiger partial charge in [-0.15, -0.1) is 0 Å². The first kappa shape index (κ1) is 18.7. The smallest absolute Gasteiger partial charge is 0.118 e. The Bertz CT molecular complexity index is 648. The number of benzene rings is 2. The Morgan fingerprint density at radius 3 is 2.21 bits per heavy atom. The highest BCUT2D eigenvalue weighted by Gasteiger charge is 2.23. The van der Waals surface area contributed by atoms with Crippen LogP contribution < -0.4 is 9.46 Å². The van der Waals surface area contributed by atoms with Crippen LogP contribution in [-0.4, -0.2) is 16.1 Å². The molecule has 1 N–H and O–H groups in total. The van der Waals surface area contributed by atoms with Crippen LogP contribution in [0.2, 0.25) is 0 Å². The van der Waals surface area contributed by atoms with E-state index in [9.17, 15) is 4.21 Å². The summed E-state index contributed by atoms with van der Waals surface area (Å²) in [6, 6.07) is 18.4. The maximum absolute atomic E-state index is 12.6. The first-order chi connectivity index (χ1) is 11.4. The van der Waals surface area contributed by atoms with Crippen LogP contribution in [0.25, 0.3) is 0 Å². The van der Waals surface area contributed by atoms with Crippen LogP contribution in [0.4, 0.5) is 0 Å². The predicted molar refractivity (Wildman–Crippen MR) is 102 cm³/mol. The van der Waals surface area contributed by atoms with Gasteiger partial charge in [0.1, 0.15) is 5.75 Å². The molecular weight excluding hydrogens is 318 g/mol. The molecule has 2 atom stereocenters. The van der Waals surface area contributed by atoms with E-state index in [1.165, 1.54) is 5.56 Å². The lowest BCUT2D eigenvalue weighted by Crippen LogP contribution is -2.36. The molecular formula is C20H27NO2S. The van der Waals surface area contributed by atoms with Gasteiger partial charge in [0.05, 0.1) is 22.8 Å². The highest BCUT2D eigenvalue weighted by molar-refractivity contribution is 7.84. The van der Waals surface area contributed by atoms with Crippen LogP contribution in [0.15, 0.2) is 54.6 Å². The third kappa shape index (κ3) is 5.46. The van der Waals surface area contributed by atoms with Crippen molar-refractivity contribution in [2.75, 3.05) is 7.11 Å². The summed E-state index contributed by atoms with van der Waals surface area (Å²) in [6.07, 6.45) is 1.82.